The highest BCUT2D eigenvalue weighted by Gasteiger charge is 2.10. The first kappa shape index (κ1) is 15.1. The van der Waals surface area contributed by atoms with Gasteiger partial charge in [0.25, 0.3) is 5.91 Å². The van der Waals surface area contributed by atoms with Crippen LogP contribution in [0, 0.1) is 0 Å². The zero-order chi connectivity index (χ0) is 15.1. The minimum atomic E-state index is -0.0607. The van der Waals surface area contributed by atoms with Crippen molar-refractivity contribution >= 4 is 5.91 Å². The van der Waals surface area contributed by atoms with Gasteiger partial charge in [-0.1, -0.05) is 36.4 Å². The van der Waals surface area contributed by atoms with Gasteiger partial charge in [-0.25, -0.2) is 0 Å². The van der Waals surface area contributed by atoms with Gasteiger partial charge >= 0.3 is 0 Å². The number of nitrogens with one attached hydrogen (secondary N) is 1. The number of aryl methyl sites for hydroxylation is 1. The minimum absolute atomic E-state index is 0.0607. The van der Waals surface area contributed by atoms with E-state index in [4.69, 9.17) is 4.74 Å². The number of ether oxygens (including phenoxy) is 1. The van der Waals surface area contributed by atoms with Crippen LogP contribution in [0.3, 0.4) is 0 Å². The van der Waals surface area contributed by atoms with Gasteiger partial charge in [-0.05, 0) is 43.5 Å². The average Bonchev–Trinajstić information content (AvgIpc) is 2.54. The Kier molecular flexibility index (Phi) is 5.38. The predicted molar refractivity (Wildman–Crippen MR) is 84.7 cm³/mol. The van der Waals surface area contributed by atoms with Gasteiger partial charge in [0.2, 0.25) is 0 Å². The van der Waals surface area contributed by atoms with Gasteiger partial charge in [-0.2, -0.15) is 0 Å². The van der Waals surface area contributed by atoms with Crippen LogP contribution in [0.4, 0.5) is 0 Å². The largest absolute Gasteiger partial charge is 0.497 e. The number of rotatable bonds is 6. The van der Waals surface area contributed by atoms with Crippen molar-refractivity contribution in [3.63, 3.8) is 0 Å². The molecule has 2 rings (SSSR count). The molecule has 0 unspecified atom stereocenters. The van der Waals surface area contributed by atoms with Crippen LogP contribution in [-0.2, 0) is 6.42 Å². The number of carbonyl (C=O) groups is 1. The lowest BCUT2D eigenvalue weighted by Gasteiger charge is -2.14. The summed E-state index contributed by atoms with van der Waals surface area (Å²) >= 11 is 0. The summed E-state index contributed by atoms with van der Waals surface area (Å²) in [5.74, 6) is 0.633. The van der Waals surface area contributed by atoms with E-state index in [0.29, 0.717) is 11.3 Å². The van der Waals surface area contributed by atoms with E-state index in [2.05, 4.69) is 17.4 Å². The average molecular weight is 283 g/mol. The maximum absolute atomic E-state index is 12.2. The highest BCUT2D eigenvalue weighted by atomic mass is 16.5. The van der Waals surface area contributed by atoms with Gasteiger partial charge in [0.15, 0.2) is 0 Å². The standard InChI is InChI=1S/C18H21NO2/c1-14(11-12-15-7-4-3-5-8-15)19-18(20)16-9-6-10-17(13-16)21-2/h3-10,13-14H,11-12H2,1-2H3,(H,19,20)/t14-/m1/s1. The molecule has 0 spiro atoms. The van der Waals surface area contributed by atoms with E-state index in [9.17, 15) is 4.79 Å². The van der Waals surface area contributed by atoms with Crippen LogP contribution in [-0.4, -0.2) is 19.1 Å². The lowest BCUT2D eigenvalue weighted by molar-refractivity contribution is 0.0938. The van der Waals surface area contributed by atoms with Crippen LogP contribution >= 0.6 is 0 Å². The van der Waals surface area contributed by atoms with E-state index in [1.807, 2.05) is 37.3 Å². The molecule has 0 fully saturated rings. The monoisotopic (exact) mass is 283 g/mol. The Morgan fingerprint density at radius 3 is 2.62 bits per heavy atom. The second kappa shape index (κ2) is 7.48. The first-order valence-corrected chi connectivity index (χ1v) is 7.18. The summed E-state index contributed by atoms with van der Waals surface area (Å²) in [5.41, 5.74) is 1.92. The number of hydrogen-bond acceptors (Lipinski definition) is 2. The predicted octanol–water partition coefficient (Wildman–Crippen LogP) is 3.45. The molecule has 0 radical (unpaired) electrons. The Morgan fingerprint density at radius 1 is 1.14 bits per heavy atom. The molecule has 0 bridgehead atoms. The first-order chi connectivity index (χ1) is 10.2. The van der Waals surface area contributed by atoms with Crippen molar-refractivity contribution in [1.82, 2.24) is 5.32 Å². The molecule has 0 aliphatic carbocycles. The lowest BCUT2D eigenvalue weighted by Crippen LogP contribution is -2.32. The van der Waals surface area contributed by atoms with Crippen LogP contribution < -0.4 is 10.1 Å². The van der Waals surface area contributed by atoms with Crippen molar-refractivity contribution in [2.45, 2.75) is 25.8 Å². The molecule has 2 aromatic rings. The SMILES string of the molecule is COc1cccc(C(=O)N[C@H](C)CCc2ccccc2)c1. The number of hydrogen-bond donors (Lipinski definition) is 1. The summed E-state index contributed by atoms with van der Waals surface area (Å²) in [5, 5.41) is 3.02. The highest BCUT2D eigenvalue weighted by molar-refractivity contribution is 5.94. The molecule has 3 nitrogen and oxygen atoms in total. The molecule has 1 N–H and O–H groups in total. The van der Waals surface area contributed by atoms with Crippen molar-refractivity contribution in [3.05, 3.63) is 65.7 Å². The molecule has 2 aromatic carbocycles. The third-order valence-electron chi connectivity index (χ3n) is 3.42. The topological polar surface area (TPSA) is 38.3 Å². The quantitative estimate of drug-likeness (QED) is 0.882. The Hall–Kier alpha value is -2.29. The summed E-state index contributed by atoms with van der Waals surface area (Å²) in [6, 6.07) is 17.6. The number of amides is 1. The van der Waals surface area contributed by atoms with Gasteiger partial charge in [0.1, 0.15) is 5.75 Å². The van der Waals surface area contributed by atoms with E-state index in [1.54, 1.807) is 19.2 Å². The summed E-state index contributed by atoms with van der Waals surface area (Å²) in [7, 11) is 1.60. The Balaban J connectivity index is 1.87. The molecule has 1 amide bonds. The molecule has 0 saturated heterocycles. The maximum Gasteiger partial charge on any atom is 0.251 e. The van der Waals surface area contributed by atoms with Crippen molar-refractivity contribution in [1.29, 1.82) is 0 Å². The third-order valence-corrected chi connectivity index (χ3v) is 3.42. The van der Waals surface area contributed by atoms with Gasteiger partial charge < -0.3 is 10.1 Å². The van der Waals surface area contributed by atoms with E-state index in [-0.39, 0.29) is 11.9 Å². The molecule has 0 heterocycles. The number of benzene rings is 2. The maximum atomic E-state index is 12.2. The second-order valence-electron chi connectivity index (χ2n) is 5.13. The normalized spacial score (nSPS) is 11.7. The molecule has 0 saturated carbocycles. The fourth-order valence-electron chi connectivity index (χ4n) is 2.17. The molecule has 3 heteroatoms. The Labute approximate surface area is 126 Å². The molecular formula is C18H21NO2. The number of carbonyl (C=O) groups excluding carboxylic acids is 1. The van der Waals surface area contributed by atoms with Crippen LogP contribution in [0.2, 0.25) is 0 Å². The molecular weight excluding hydrogens is 262 g/mol. The smallest absolute Gasteiger partial charge is 0.251 e. The Bertz CT molecular complexity index is 581. The Morgan fingerprint density at radius 2 is 1.90 bits per heavy atom. The van der Waals surface area contributed by atoms with E-state index >= 15 is 0 Å². The third kappa shape index (κ3) is 4.63. The minimum Gasteiger partial charge on any atom is -0.497 e. The van der Waals surface area contributed by atoms with Crippen LogP contribution in [0.25, 0.3) is 0 Å². The van der Waals surface area contributed by atoms with E-state index in [1.165, 1.54) is 5.56 Å². The van der Waals surface area contributed by atoms with Crippen molar-refractivity contribution in [3.8, 4) is 5.75 Å². The fraction of sp³-hybridized carbons (Fsp3) is 0.278. The summed E-state index contributed by atoms with van der Waals surface area (Å²) in [4.78, 5) is 12.2. The second-order valence-corrected chi connectivity index (χ2v) is 5.13. The molecule has 110 valence electrons. The van der Waals surface area contributed by atoms with E-state index in [0.717, 1.165) is 12.8 Å². The van der Waals surface area contributed by atoms with E-state index < -0.39 is 0 Å². The summed E-state index contributed by atoms with van der Waals surface area (Å²) < 4.78 is 5.14. The van der Waals surface area contributed by atoms with Gasteiger partial charge in [0, 0.05) is 11.6 Å². The lowest BCUT2D eigenvalue weighted by atomic mass is 10.1. The highest BCUT2D eigenvalue weighted by Crippen LogP contribution is 2.13. The number of methoxy groups -OCH3 is 1. The van der Waals surface area contributed by atoms with Gasteiger partial charge in [-0.15, -0.1) is 0 Å². The molecule has 0 aromatic heterocycles. The molecule has 21 heavy (non-hydrogen) atoms. The first-order valence-electron chi connectivity index (χ1n) is 7.18. The van der Waals surface area contributed by atoms with Crippen molar-refractivity contribution < 1.29 is 9.53 Å². The zero-order valence-electron chi connectivity index (χ0n) is 12.5. The van der Waals surface area contributed by atoms with Gasteiger partial charge in [-0.3, -0.25) is 4.79 Å². The van der Waals surface area contributed by atoms with Crippen LogP contribution in [0.15, 0.2) is 54.6 Å². The van der Waals surface area contributed by atoms with Crippen molar-refractivity contribution in [2.24, 2.45) is 0 Å². The molecule has 0 aliphatic rings. The van der Waals surface area contributed by atoms with Crippen molar-refractivity contribution in [2.75, 3.05) is 7.11 Å². The van der Waals surface area contributed by atoms with Gasteiger partial charge in [0.05, 0.1) is 7.11 Å². The fourth-order valence-corrected chi connectivity index (χ4v) is 2.17. The molecule has 1 atom stereocenters. The van der Waals surface area contributed by atoms with Crippen LogP contribution in [0.5, 0.6) is 5.75 Å². The zero-order valence-corrected chi connectivity index (χ0v) is 12.5. The van der Waals surface area contributed by atoms with Crippen LogP contribution in [0.1, 0.15) is 29.3 Å². The summed E-state index contributed by atoms with van der Waals surface area (Å²) in [6.07, 6.45) is 1.88. The summed E-state index contributed by atoms with van der Waals surface area (Å²) in [6.45, 7) is 2.03. The molecule has 0 aliphatic heterocycles.